The molecule has 0 bridgehead atoms. The first-order chi connectivity index (χ1) is 24.0. The van der Waals surface area contributed by atoms with E-state index >= 15 is 4.79 Å². The minimum Gasteiger partial charge on any atom is -0.507 e. The number of rotatable bonds is 5. The average Bonchev–Trinajstić information content (AvgIpc) is 3.50. The highest BCUT2D eigenvalue weighted by Crippen LogP contribution is 2.65. The number of carbonyl (C=O) groups is 4. The number of carbonyl (C=O) groups excluding carboxylic acids is 4. The number of hydrogen-bond acceptors (Lipinski definition) is 7. The smallest absolute Gasteiger partial charge is 0.488 e. The van der Waals surface area contributed by atoms with E-state index in [2.05, 4.69) is 0 Å². The van der Waals surface area contributed by atoms with Crippen LogP contribution < -0.4 is 15.3 Å². The number of nitrogens with zero attached hydrogens (tertiary/aromatic N) is 2. The van der Waals surface area contributed by atoms with Crippen molar-refractivity contribution in [2.24, 2.45) is 23.7 Å². The number of imide groups is 2. The van der Waals surface area contributed by atoms with Gasteiger partial charge in [-0.2, -0.15) is 0 Å². The largest absolute Gasteiger partial charge is 0.507 e. The molecule has 4 amide bonds. The van der Waals surface area contributed by atoms with Gasteiger partial charge in [0.15, 0.2) is 0 Å². The molecule has 0 aromatic heterocycles. The fourth-order valence-corrected chi connectivity index (χ4v) is 9.27. The Bertz CT molecular complexity index is 2140. The molecule has 4 aromatic rings. The van der Waals surface area contributed by atoms with Gasteiger partial charge in [-0.1, -0.05) is 90.0 Å². The van der Waals surface area contributed by atoms with Gasteiger partial charge in [-0.25, -0.2) is 4.90 Å². The van der Waals surface area contributed by atoms with Crippen LogP contribution in [0.3, 0.4) is 0 Å². The van der Waals surface area contributed by atoms with E-state index in [1.807, 2.05) is 36.4 Å². The number of fused-ring (bicyclic) bond motifs is 4. The molecule has 8 rings (SSSR count). The highest BCUT2D eigenvalue weighted by Gasteiger charge is 2.70. The molecule has 2 saturated heterocycles. The molecular formula is C39H32BClN2O7. The van der Waals surface area contributed by atoms with E-state index in [0.29, 0.717) is 27.4 Å². The van der Waals surface area contributed by atoms with Crippen molar-refractivity contribution in [1.29, 1.82) is 0 Å². The van der Waals surface area contributed by atoms with Crippen LogP contribution >= 0.6 is 11.6 Å². The number of phenolic OH excluding ortho intramolecular Hbond substituents is 1. The monoisotopic (exact) mass is 686 g/mol. The number of anilines is 2. The maximum absolute atomic E-state index is 15.3. The molecule has 9 nitrogen and oxygen atoms in total. The molecule has 3 fully saturated rings. The summed E-state index contributed by atoms with van der Waals surface area (Å²) in [5.41, 5.74) is 1.56. The summed E-state index contributed by atoms with van der Waals surface area (Å²) >= 11 is 6.37. The second-order valence-electron chi connectivity index (χ2n) is 13.6. The lowest BCUT2D eigenvalue weighted by Gasteiger charge is -2.50. The van der Waals surface area contributed by atoms with Crippen molar-refractivity contribution in [2.45, 2.75) is 31.1 Å². The highest BCUT2D eigenvalue weighted by atomic mass is 35.5. The first-order valence-corrected chi connectivity index (χ1v) is 16.9. The lowest BCUT2D eigenvalue weighted by molar-refractivity contribution is -0.127. The molecule has 2 aliphatic heterocycles. The second-order valence-corrected chi connectivity index (χ2v) is 14.0. The highest BCUT2D eigenvalue weighted by molar-refractivity contribution is 6.58. The summed E-state index contributed by atoms with van der Waals surface area (Å²) in [6, 6.07) is 27.1. The number of amides is 4. The zero-order chi connectivity index (χ0) is 35.1. The SMILES string of the molecule is Cc1cccc(C2C3=CCC4C(=O)N(c5cccc(B(O)O)c5)C(=O)C4C3CC3C(=O)N(c4cccc(Cl)c4)C(=O)C32c2ccccc2)c1O. The number of phenols is 1. The maximum atomic E-state index is 15.3. The maximum Gasteiger partial charge on any atom is 0.488 e. The van der Waals surface area contributed by atoms with Crippen LogP contribution in [-0.4, -0.2) is 45.9 Å². The number of hydrogen-bond donors (Lipinski definition) is 3. The number of para-hydroxylation sites is 1. The molecule has 11 heteroatoms. The first kappa shape index (κ1) is 32.2. The normalized spacial score (nSPS) is 27.2. The fraction of sp³-hybridized carbons (Fsp3) is 0.231. The van der Waals surface area contributed by atoms with Gasteiger partial charge < -0.3 is 15.2 Å². The van der Waals surface area contributed by atoms with Crippen LogP contribution in [0.25, 0.3) is 0 Å². The average molecular weight is 687 g/mol. The Kier molecular flexibility index (Phi) is 7.60. The second kappa shape index (κ2) is 11.8. The molecular weight excluding hydrogens is 655 g/mol. The van der Waals surface area contributed by atoms with Crippen molar-refractivity contribution < 1.29 is 34.3 Å². The third-order valence-corrected chi connectivity index (χ3v) is 11.4. The zero-order valence-corrected chi connectivity index (χ0v) is 27.7. The third-order valence-electron chi connectivity index (χ3n) is 11.2. The van der Waals surface area contributed by atoms with Crippen LogP contribution in [0.15, 0.2) is 109 Å². The molecule has 6 unspecified atom stereocenters. The van der Waals surface area contributed by atoms with E-state index in [1.165, 1.54) is 17.0 Å². The van der Waals surface area contributed by atoms with Crippen molar-refractivity contribution >= 4 is 59.2 Å². The predicted octanol–water partition coefficient (Wildman–Crippen LogP) is 4.40. The van der Waals surface area contributed by atoms with Crippen LogP contribution in [0, 0.1) is 30.6 Å². The van der Waals surface area contributed by atoms with E-state index in [9.17, 15) is 29.5 Å². The minimum atomic E-state index is -1.79. The lowest BCUT2D eigenvalue weighted by atomic mass is 9.49. The molecule has 0 radical (unpaired) electrons. The summed E-state index contributed by atoms with van der Waals surface area (Å²) in [5.74, 6) is -5.81. The number of aryl methyl sites for hydroxylation is 1. The molecule has 0 spiro atoms. The summed E-state index contributed by atoms with van der Waals surface area (Å²) in [7, 11) is -1.79. The Morgan fingerprint density at radius 3 is 2.20 bits per heavy atom. The van der Waals surface area contributed by atoms with Gasteiger partial charge in [0.2, 0.25) is 23.6 Å². The van der Waals surface area contributed by atoms with Crippen molar-refractivity contribution in [3.8, 4) is 5.75 Å². The predicted molar refractivity (Wildman–Crippen MR) is 188 cm³/mol. The van der Waals surface area contributed by atoms with E-state index in [1.54, 1.807) is 61.5 Å². The standard InChI is InChI=1S/C39H32BClN2O7/c1-21-8-5-15-29(34(21)44)33-27-16-17-28-32(37(47)42(35(28)45)25-13-6-11-23(18-25)40(49)50)30(27)20-31-36(46)43(26-14-7-12-24(41)19-26)38(48)39(31,33)22-9-3-2-4-10-22/h2-16,18-19,28,30-33,44,49-50H,17,20H2,1H3. The molecule has 250 valence electrons. The Labute approximate surface area is 293 Å². The topological polar surface area (TPSA) is 135 Å². The van der Waals surface area contributed by atoms with Gasteiger partial charge >= 0.3 is 7.12 Å². The Hall–Kier alpha value is -5.03. The molecule has 6 atom stereocenters. The summed E-state index contributed by atoms with van der Waals surface area (Å²) in [6.45, 7) is 1.77. The Morgan fingerprint density at radius 2 is 1.48 bits per heavy atom. The van der Waals surface area contributed by atoms with Crippen LogP contribution in [0.1, 0.15) is 35.4 Å². The molecule has 2 heterocycles. The Morgan fingerprint density at radius 1 is 0.780 bits per heavy atom. The van der Waals surface area contributed by atoms with Crippen molar-refractivity contribution in [3.63, 3.8) is 0 Å². The van der Waals surface area contributed by atoms with Crippen LogP contribution in [0.2, 0.25) is 5.02 Å². The van der Waals surface area contributed by atoms with Gasteiger partial charge in [0, 0.05) is 16.5 Å². The first-order valence-electron chi connectivity index (χ1n) is 16.6. The Balaban J connectivity index is 1.35. The van der Waals surface area contributed by atoms with E-state index in [4.69, 9.17) is 11.6 Å². The minimum absolute atomic E-state index is 0.00786. The van der Waals surface area contributed by atoms with Crippen molar-refractivity contribution in [1.82, 2.24) is 0 Å². The summed E-state index contributed by atoms with van der Waals surface area (Å²) in [4.78, 5) is 60.9. The van der Waals surface area contributed by atoms with Crippen molar-refractivity contribution in [2.75, 3.05) is 9.80 Å². The van der Waals surface area contributed by atoms with Gasteiger partial charge in [0.25, 0.3) is 0 Å². The number of halogens is 1. The molecule has 2 aliphatic carbocycles. The quantitative estimate of drug-likeness (QED) is 0.161. The van der Waals surface area contributed by atoms with E-state index in [-0.39, 0.29) is 29.7 Å². The molecule has 50 heavy (non-hydrogen) atoms. The molecule has 4 aromatic carbocycles. The van der Waals surface area contributed by atoms with Crippen LogP contribution in [0.5, 0.6) is 5.75 Å². The van der Waals surface area contributed by atoms with Crippen LogP contribution in [0.4, 0.5) is 11.4 Å². The number of benzene rings is 4. The van der Waals surface area contributed by atoms with Gasteiger partial charge in [0.05, 0.1) is 34.5 Å². The molecule has 1 saturated carbocycles. The van der Waals surface area contributed by atoms with Gasteiger partial charge in [-0.05, 0) is 72.6 Å². The fourth-order valence-electron chi connectivity index (χ4n) is 9.08. The molecule has 4 aliphatic rings. The van der Waals surface area contributed by atoms with Gasteiger partial charge in [0.1, 0.15) is 5.75 Å². The zero-order valence-electron chi connectivity index (χ0n) is 26.9. The summed E-state index contributed by atoms with van der Waals surface area (Å²) in [5, 5.41) is 31.7. The number of allylic oxidation sites excluding steroid dienone is 2. The summed E-state index contributed by atoms with van der Waals surface area (Å²) < 4.78 is 0. The van der Waals surface area contributed by atoms with E-state index < -0.39 is 65.8 Å². The van der Waals surface area contributed by atoms with E-state index in [0.717, 1.165) is 10.5 Å². The van der Waals surface area contributed by atoms with Gasteiger partial charge in [-0.3, -0.25) is 24.1 Å². The van der Waals surface area contributed by atoms with Crippen molar-refractivity contribution in [3.05, 3.63) is 130 Å². The summed E-state index contributed by atoms with van der Waals surface area (Å²) in [6.07, 6.45) is 2.25. The van der Waals surface area contributed by atoms with Gasteiger partial charge in [-0.15, -0.1) is 0 Å². The third kappa shape index (κ3) is 4.48. The lowest BCUT2D eigenvalue weighted by Crippen LogP contribution is -2.53. The van der Waals surface area contributed by atoms with Crippen LogP contribution in [-0.2, 0) is 24.6 Å². The number of aromatic hydroxyl groups is 1. The molecule has 3 N–H and O–H groups in total.